The molecule has 0 amide bonds. The summed E-state index contributed by atoms with van der Waals surface area (Å²) in [5.41, 5.74) is 3.63. The number of nitrogens with zero attached hydrogens (tertiary/aromatic N) is 2. The highest BCUT2D eigenvalue weighted by Crippen LogP contribution is 2.47. The number of para-hydroxylation sites is 2. The van der Waals surface area contributed by atoms with Crippen LogP contribution in [0.15, 0.2) is 24.3 Å². The number of nitrogens with one attached hydrogen (secondary N) is 1. The summed E-state index contributed by atoms with van der Waals surface area (Å²) in [6.45, 7) is 6.99. The Morgan fingerprint density at radius 1 is 0.727 bits per heavy atom. The molecular weight excluding hydrogens is 270 g/mol. The van der Waals surface area contributed by atoms with Crippen LogP contribution in [0.1, 0.15) is 38.5 Å². The summed E-state index contributed by atoms with van der Waals surface area (Å²) >= 11 is 0. The molecule has 0 radical (unpaired) electrons. The maximum atomic E-state index is 3.46. The van der Waals surface area contributed by atoms with Crippen molar-refractivity contribution in [1.29, 1.82) is 0 Å². The van der Waals surface area contributed by atoms with Gasteiger partial charge in [-0.2, -0.15) is 0 Å². The summed E-state index contributed by atoms with van der Waals surface area (Å²) in [7, 11) is 0. The van der Waals surface area contributed by atoms with Crippen molar-refractivity contribution < 1.29 is 0 Å². The lowest BCUT2D eigenvalue weighted by molar-refractivity contribution is 0.226. The van der Waals surface area contributed by atoms with Crippen LogP contribution in [0.5, 0.6) is 0 Å². The average Bonchev–Trinajstić information content (AvgIpc) is 3.05. The van der Waals surface area contributed by atoms with Crippen molar-refractivity contribution in [2.75, 3.05) is 49.1 Å². The second kappa shape index (κ2) is 6.11. The SMILES string of the molecule is c1ccc(N2CCC3(CCCC3)CC2)c(N2CCNCC2)c1. The van der Waals surface area contributed by atoms with Crippen LogP contribution in [0, 0.1) is 5.41 Å². The first-order valence-corrected chi connectivity index (χ1v) is 9.16. The zero-order valence-electron chi connectivity index (χ0n) is 13.7. The largest absolute Gasteiger partial charge is 0.370 e. The lowest BCUT2D eigenvalue weighted by Gasteiger charge is -2.42. The van der Waals surface area contributed by atoms with E-state index in [1.54, 1.807) is 0 Å². The summed E-state index contributed by atoms with van der Waals surface area (Å²) < 4.78 is 0. The van der Waals surface area contributed by atoms with Gasteiger partial charge in [-0.1, -0.05) is 25.0 Å². The van der Waals surface area contributed by atoms with Crippen molar-refractivity contribution in [3.8, 4) is 0 Å². The summed E-state index contributed by atoms with van der Waals surface area (Å²) in [6, 6.07) is 9.06. The zero-order chi connectivity index (χ0) is 14.8. The number of hydrogen-bond acceptors (Lipinski definition) is 3. The van der Waals surface area contributed by atoms with Gasteiger partial charge in [0, 0.05) is 39.3 Å². The van der Waals surface area contributed by atoms with Crippen molar-refractivity contribution in [1.82, 2.24) is 5.32 Å². The van der Waals surface area contributed by atoms with Crippen LogP contribution >= 0.6 is 0 Å². The number of rotatable bonds is 2. The molecule has 1 spiro atoms. The molecular formula is C19H29N3. The smallest absolute Gasteiger partial charge is 0.0604 e. The normalized spacial score (nSPS) is 24.9. The van der Waals surface area contributed by atoms with Crippen LogP contribution in [-0.4, -0.2) is 39.3 Å². The molecule has 4 rings (SSSR count). The number of benzene rings is 1. The minimum Gasteiger partial charge on any atom is -0.370 e. The van der Waals surface area contributed by atoms with Gasteiger partial charge < -0.3 is 15.1 Å². The van der Waals surface area contributed by atoms with Crippen molar-refractivity contribution in [3.05, 3.63) is 24.3 Å². The third-order valence-corrected chi connectivity index (χ3v) is 6.17. The molecule has 0 atom stereocenters. The Hall–Kier alpha value is -1.22. The fourth-order valence-electron chi connectivity index (χ4n) is 4.75. The molecule has 1 saturated carbocycles. The summed E-state index contributed by atoms with van der Waals surface area (Å²) in [5, 5.41) is 3.46. The van der Waals surface area contributed by atoms with E-state index in [-0.39, 0.29) is 0 Å². The van der Waals surface area contributed by atoms with Crippen LogP contribution < -0.4 is 15.1 Å². The van der Waals surface area contributed by atoms with Crippen LogP contribution in [0.25, 0.3) is 0 Å². The van der Waals surface area contributed by atoms with Crippen molar-refractivity contribution in [3.63, 3.8) is 0 Å². The third-order valence-electron chi connectivity index (χ3n) is 6.17. The molecule has 2 heterocycles. The third kappa shape index (κ3) is 2.71. The van der Waals surface area contributed by atoms with Gasteiger partial charge in [-0.15, -0.1) is 0 Å². The highest BCUT2D eigenvalue weighted by Gasteiger charge is 2.37. The van der Waals surface area contributed by atoms with Crippen molar-refractivity contribution in [2.45, 2.75) is 38.5 Å². The number of piperidine rings is 1. The van der Waals surface area contributed by atoms with Gasteiger partial charge in [0.05, 0.1) is 11.4 Å². The van der Waals surface area contributed by atoms with E-state index < -0.39 is 0 Å². The molecule has 0 bridgehead atoms. The Morgan fingerprint density at radius 2 is 1.27 bits per heavy atom. The van der Waals surface area contributed by atoms with Crippen LogP contribution in [-0.2, 0) is 0 Å². The van der Waals surface area contributed by atoms with Gasteiger partial charge in [-0.3, -0.25) is 0 Å². The summed E-state index contributed by atoms with van der Waals surface area (Å²) in [5.74, 6) is 0. The van der Waals surface area contributed by atoms with Gasteiger partial charge in [0.15, 0.2) is 0 Å². The fraction of sp³-hybridized carbons (Fsp3) is 0.684. The molecule has 1 aliphatic carbocycles. The van der Waals surface area contributed by atoms with Crippen molar-refractivity contribution >= 4 is 11.4 Å². The van der Waals surface area contributed by atoms with E-state index in [0.717, 1.165) is 26.2 Å². The Balaban J connectivity index is 1.50. The van der Waals surface area contributed by atoms with Crippen LogP contribution in [0.4, 0.5) is 11.4 Å². The van der Waals surface area contributed by atoms with E-state index in [0.29, 0.717) is 5.41 Å². The second-order valence-electron chi connectivity index (χ2n) is 7.42. The zero-order valence-corrected chi connectivity index (χ0v) is 13.7. The van der Waals surface area contributed by atoms with E-state index in [9.17, 15) is 0 Å². The first-order chi connectivity index (χ1) is 10.9. The van der Waals surface area contributed by atoms with E-state index in [4.69, 9.17) is 0 Å². The van der Waals surface area contributed by atoms with Gasteiger partial charge in [0.2, 0.25) is 0 Å². The van der Waals surface area contributed by atoms with Crippen molar-refractivity contribution in [2.24, 2.45) is 5.41 Å². The first kappa shape index (κ1) is 14.4. The van der Waals surface area contributed by atoms with E-state index >= 15 is 0 Å². The second-order valence-corrected chi connectivity index (χ2v) is 7.42. The Bertz CT molecular complexity index is 491. The van der Waals surface area contributed by atoms with E-state index in [1.165, 1.54) is 63.0 Å². The summed E-state index contributed by atoms with van der Waals surface area (Å²) in [6.07, 6.45) is 8.72. The lowest BCUT2D eigenvalue weighted by atomic mass is 9.77. The molecule has 1 aromatic rings. The lowest BCUT2D eigenvalue weighted by Crippen LogP contribution is -2.45. The molecule has 2 saturated heterocycles. The molecule has 1 aromatic carbocycles. The van der Waals surface area contributed by atoms with E-state index in [2.05, 4.69) is 39.4 Å². The van der Waals surface area contributed by atoms with Crippen LogP contribution in [0.2, 0.25) is 0 Å². The molecule has 120 valence electrons. The minimum absolute atomic E-state index is 0.709. The number of anilines is 2. The van der Waals surface area contributed by atoms with E-state index in [1.807, 2.05) is 0 Å². The molecule has 22 heavy (non-hydrogen) atoms. The molecule has 1 N–H and O–H groups in total. The highest BCUT2D eigenvalue weighted by atomic mass is 15.2. The maximum absolute atomic E-state index is 3.46. The quantitative estimate of drug-likeness (QED) is 0.904. The average molecular weight is 299 g/mol. The molecule has 2 aliphatic heterocycles. The van der Waals surface area contributed by atoms with Gasteiger partial charge in [-0.25, -0.2) is 0 Å². The first-order valence-electron chi connectivity index (χ1n) is 9.16. The Labute approximate surface area is 134 Å². The standard InChI is InChI=1S/C19H29N3/c1-2-6-18(22-15-11-20-12-16-22)17(5-1)21-13-9-19(10-14-21)7-3-4-8-19/h1-2,5-6,20H,3-4,7-16H2. The molecule has 3 heteroatoms. The molecule has 3 fully saturated rings. The molecule has 3 aliphatic rings. The fourth-order valence-corrected chi connectivity index (χ4v) is 4.75. The predicted octanol–water partition coefficient (Wildman–Crippen LogP) is 3.26. The molecule has 3 nitrogen and oxygen atoms in total. The topological polar surface area (TPSA) is 18.5 Å². The van der Waals surface area contributed by atoms with Gasteiger partial charge in [0.1, 0.15) is 0 Å². The predicted molar refractivity (Wildman–Crippen MR) is 93.9 cm³/mol. The van der Waals surface area contributed by atoms with Crippen LogP contribution in [0.3, 0.4) is 0 Å². The monoisotopic (exact) mass is 299 g/mol. The Morgan fingerprint density at radius 3 is 1.86 bits per heavy atom. The number of hydrogen-bond donors (Lipinski definition) is 1. The molecule has 0 aromatic heterocycles. The van der Waals surface area contributed by atoms with Gasteiger partial charge >= 0.3 is 0 Å². The number of piperazine rings is 1. The van der Waals surface area contributed by atoms with Gasteiger partial charge in [0.25, 0.3) is 0 Å². The minimum atomic E-state index is 0.709. The highest BCUT2D eigenvalue weighted by molar-refractivity contribution is 5.71. The van der Waals surface area contributed by atoms with Gasteiger partial charge in [-0.05, 0) is 43.2 Å². The maximum Gasteiger partial charge on any atom is 0.0604 e. The molecule has 0 unspecified atom stereocenters. The Kier molecular flexibility index (Phi) is 4.00. The summed E-state index contributed by atoms with van der Waals surface area (Å²) in [4.78, 5) is 5.21.